The van der Waals surface area contributed by atoms with Gasteiger partial charge in [0.05, 0.1) is 24.9 Å². The van der Waals surface area contributed by atoms with Crippen LogP contribution in [-0.2, 0) is 23.7 Å². The smallest absolute Gasteiger partial charge is 0.331 e. The summed E-state index contributed by atoms with van der Waals surface area (Å²) in [5.41, 5.74) is -0.567. The number of fused-ring (bicyclic) bond motifs is 4. The summed E-state index contributed by atoms with van der Waals surface area (Å²) >= 11 is 0. The molecule has 2 saturated carbocycles. The fourth-order valence-electron chi connectivity index (χ4n) is 8.35. The van der Waals surface area contributed by atoms with Crippen molar-refractivity contribution in [1.82, 2.24) is 0 Å². The Hall–Kier alpha value is -1.77. The van der Waals surface area contributed by atoms with Crippen LogP contribution in [-0.4, -0.2) is 65.7 Å². The highest BCUT2D eigenvalue weighted by Crippen LogP contribution is 2.71. The number of hydrogen-bond acceptors (Lipinski definition) is 7. The molecule has 3 saturated heterocycles. The molecule has 0 unspecified atom stereocenters. The predicted octanol–water partition coefficient (Wildman–Crippen LogP) is 3.33. The highest BCUT2D eigenvalue weighted by molar-refractivity contribution is 5.87. The lowest BCUT2D eigenvalue weighted by Crippen LogP contribution is -2.73. The van der Waals surface area contributed by atoms with E-state index >= 15 is 0 Å². The van der Waals surface area contributed by atoms with Gasteiger partial charge in [0.1, 0.15) is 11.7 Å². The largest absolute Gasteiger partial charge is 0.456 e. The van der Waals surface area contributed by atoms with E-state index in [1.807, 2.05) is 30.3 Å². The van der Waals surface area contributed by atoms with Gasteiger partial charge in [0.15, 0.2) is 6.29 Å². The lowest BCUT2D eigenvalue weighted by molar-refractivity contribution is -0.273. The first kappa shape index (κ1) is 24.6. The molecule has 11 atom stereocenters. The summed E-state index contributed by atoms with van der Waals surface area (Å²) in [6, 6.07) is 9.62. The third kappa shape index (κ3) is 3.39. The first-order valence-electron chi connectivity index (χ1n) is 13.4. The number of aliphatic hydroxyl groups excluding tert-OH is 2. The summed E-state index contributed by atoms with van der Waals surface area (Å²) in [6.07, 6.45) is 4.08. The quantitative estimate of drug-likeness (QED) is 0.365. The maximum atomic E-state index is 13.1. The fraction of sp³-hybridized carbons (Fsp3) is 0.690. The van der Waals surface area contributed by atoms with E-state index in [0.29, 0.717) is 13.0 Å². The molecule has 0 radical (unpaired) electrons. The van der Waals surface area contributed by atoms with Gasteiger partial charge in [0, 0.05) is 35.3 Å². The third-order valence-corrected chi connectivity index (χ3v) is 10.5. The molecular weight excluding hydrogens is 460 g/mol. The fourth-order valence-corrected chi connectivity index (χ4v) is 8.35. The molecule has 1 aromatic rings. The van der Waals surface area contributed by atoms with Crippen LogP contribution < -0.4 is 0 Å². The maximum Gasteiger partial charge on any atom is 0.331 e. The summed E-state index contributed by atoms with van der Waals surface area (Å²) in [6.45, 7) is 7.12. The van der Waals surface area contributed by atoms with Crippen molar-refractivity contribution in [3.8, 4) is 0 Å². The van der Waals surface area contributed by atoms with Crippen LogP contribution in [0.4, 0.5) is 0 Å². The molecule has 6 rings (SSSR count). The molecule has 196 valence electrons. The second-order valence-electron chi connectivity index (χ2n) is 12.0. The van der Waals surface area contributed by atoms with Crippen LogP contribution in [0.5, 0.6) is 0 Å². The second-order valence-corrected chi connectivity index (χ2v) is 12.0. The number of hydrogen-bond donors (Lipinski definition) is 2. The minimum Gasteiger partial charge on any atom is -0.456 e. The molecule has 3 aliphatic heterocycles. The van der Waals surface area contributed by atoms with Gasteiger partial charge in [-0.25, -0.2) is 4.79 Å². The second kappa shape index (κ2) is 8.63. The van der Waals surface area contributed by atoms with Gasteiger partial charge in [-0.3, -0.25) is 0 Å². The van der Waals surface area contributed by atoms with Gasteiger partial charge < -0.3 is 29.2 Å². The lowest BCUT2D eigenvalue weighted by Gasteiger charge is -2.65. The van der Waals surface area contributed by atoms with Gasteiger partial charge in [-0.1, -0.05) is 51.1 Å². The molecule has 0 amide bonds. The Morgan fingerprint density at radius 1 is 1.22 bits per heavy atom. The third-order valence-electron chi connectivity index (χ3n) is 10.5. The SMILES string of the molecule is C[C@@H]1[C@@H](O)[C@H](OC(=O)C=Cc2ccccc2)[C@]2(C)[C@@H]3[C@@H](CC[C@]24CO4)O[C@@H]2O[C@@H](C[C@H]2CCO)[C@@]13C. The van der Waals surface area contributed by atoms with E-state index in [0.717, 1.165) is 24.8 Å². The Labute approximate surface area is 212 Å². The van der Waals surface area contributed by atoms with Crippen molar-refractivity contribution in [2.75, 3.05) is 13.2 Å². The number of benzene rings is 1. The summed E-state index contributed by atoms with van der Waals surface area (Å²) < 4.78 is 25.5. The Morgan fingerprint density at radius 2 is 1.97 bits per heavy atom. The van der Waals surface area contributed by atoms with Crippen LogP contribution in [0, 0.1) is 28.6 Å². The first-order chi connectivity index (χ1) is 17.2. The number of esters is 1. The molecule has 7 heteroatoms. The van der Waals surface area contributed by atoms with Gasteiger partial charge in [-0.15, -0.1) is 0 Å². The zero-order valence-corrected chi connectivity index (χ0v) is 21.3. The summed E-state index contributed by atoms with van der Waals surface area (Å²) in [5, 5.41) is 21.4. The van der Waals surface area contributed by atoms with Crippen molar-refractivity contribution >= 4 is 12.0 Å². The minimum absolute atomic E-state index is 0.0133. The molecule has 0 aromatic heterocycles. The molecular formula is C29H38O7. The Bertz CT molecular complexity index is 1020. The number of rotatable bonds is 5. The first-order valence-corrected chi connectivity index (χ1v) is 13.4. The van der Waals surface area contributed by atoms with Gasteiger partial charge >= 0.3 is 5.97 Å². The van der Waals surface area contributed by atoms with Crippen molar-refractivity contribution in [2.24, 2.45) is 28.6 Å². The number of aliphatic hydroxyl groups is 2. The molecule has 5 fully saturated rings. The summed E-state index contributed by atoms with van der Waals surface area (Å²) in [5.74, 6) is -0.531. The molecule has 2 bridgehead atoms. The zero-order chi connectivity index (χ0) is 25.3. The van der Waals surface area contributed by atoms with Crippen LogP contribution >= 0.6 is 0 Å². The molecule has 3 heterocycles. The van der Waals surface area contributed by atoms with E-state index in [9.17, 15) is 15.0 Å². The lowest BCUT2D eigenvalue weighted by atomic mass is 9.41. The van der Waals surface area contributed by atoms with Gasteiger partial charge in [-0.2, -0.15) is 0 Å². The minimum atomic E-state index is -0.873. The normalized spacial score (nSPS) is 49.0. The highest BCUT2D eigenvalue weighted by Gasteiger charge is 2.79. The Balaban J connectivity index is 1.36. The Kier molecular flexibility index (Phi) is 5.89. The predicted molar refractivity (Wildman–Crippen MR) is 131 cm³/mol. The van der Waals surface area contributed by atoms with Crippen LogP contribution in [0.1, 0.15) is 52.0 Å². The van der Waals surface area contributed by atoms with Crippen LogP contribution in [0.2, 0.25) is 0 Å². The average Bonchev–Trinajstić information content (AvgIpc) is 3.58. The molecule has 1 spiro atoms. The molecule has 5 aliphatic rings. The monoisotopic (exact) mass is 498 g/mol. The van der Waals surface area contributed by atoms with Crippen molar-refractivity contribution in [3.63, 3.8) is 0 Å². The van der Waals surface area contributed by atoms with Crippen molar-refractivity contribution in [2.45, 2.75) is 82.8 Å². The van der Waals surface area contributed by atoms with Crippen molar-refractivity contribution < 1.29 is 34.0 Å². The van der Waals surface area contributed by atoms with Gasteiger partial charge in [0.2, 0.25) is 0 Å². The molecule has 36 heavy (non-hydrogen) atoms. The van der Waals surface area contributed by atoms with E-state index < -0.39 is 34.6 Å². The standard InChI is InChI=1S/C29H38O7/c1-17-23(32)25(36-22(31)10-9-18-7-5-4-6-8-18)28(3)24-20(11-13-29(28)16-33-29)34-26-19(12-14-30)15-21(35-26)27(17,24)2/h4-10,17,19-21,23-26,30,32H,11-16H2,1-3H3/t17-,19-,20-,21+,23-,24-,25+,26-,27-,28+,29+/m1/s1. The zero-order valence-electron chi connectivity index (χ0n) is 21.3. The molecule has 7 nitrogen and oxygen atoms in total. The van der Waals surface area contributed by atoms with Crippen molar-refractivity contribution in [3.05, 3.63) is 42.0 Å². The Morgan fingerprint density at radius 3 is 2.67 bits per heavy atom. The van der Waals surface area contributed by atoms with Gasteiger partial charge in [-0.05, 0) is 43.2 Å². The number of carbonyl (C=O) groups is 1. The van der Waals surface area contributed by atoms with Gasteiger partial charge in [0.25, 0.3) is 0 Å². The van der Waals surface area contributed by atoms with Crippen LogP contribution in [0.3, 0.4) is 0 Å². The van der Waals surface area contributed by atoms with Crippen LogP contribution in [0.25, 0.3) is 6.08 Å². The number of epoxide rings is 1. The summed E-state index contributed by atoms with van der Waals surface area (Å²) in [7, 11) is 0. The molecule has 2 aliphatic carbocycles. The highest BCUT2D eigenvalue weighted by atomic mass is 16.7. The number of ether oxygens (including phenoxy) is 4. The molecule has 1 aromatic carbocycles. The van der Waals surface area contributed by atoms with E-state index in [1.54, 1.807) is 6.08 Å². The van der Waals surface area contributed by atoms with E-state index in [4.69, 9.17) is 18.9 Å². The van der Waals surface area contributed by atoms with E-state index in [2.05, 4.69) is 20.8 Å². The van der Waals surface area contributed by atoms with E-state index in [-0.39, 0.29) is 42.9 Å². The number of carbonyl (C=O) groups excluding carboxylic acids is 1. The summed E-state index contributed by atoms with van der Waals surface area (Å²) in [4.78, 5) is 13.1. The van der Waals surface area contributed by atoms with Crippen LogP contribution in [0.15, 0.2) is 36.4 Å². The van der Waals surface area contributed by atoms with Crippen molar-refractivity contribution in [1.29, 1.82) is 0 Å². The topological polar surface area (TPSA) is 97.8 Å². The molecule has 2 N–H and O–H groups in total. The average molecular weight is 499 g/mol. The van der Waals surface area contributed by atoms with E-state index in [1.165, 1.54) is 6.08 Å². The maximum absolute atomic E-state index is 13.1.